The average molecular weight is 479 g/mol. The highest BCUT2D eigenvalue weighted by atomic mass is 32.2. The Bertz CT molecular complexity index is 1140. The standard InChI is InChI=1S/C27H34N4O2S/c1-20-29-23-14-7-8-15-24(23)31(20)18-10-17-28-27(33)22-13-6-9-16-25(22)34-19-26(32)30(2)21-11-4-3-5-12-21/h6-9,13-16,21H,3-5,10-12,17-19H2,1-2H3,(H,28,33). The SMILES string of the molecule is Cc1nc2ccccc2n1CCCNC(=O)c1ccccc1SCC(=O)N(C)C1CCCCC1. The second kappa shape index (κ2) is 11.6. The Morgan fingerprint density at radius 3 is 2.65 bits per heavy atom. The van der Waals surface area contributed by atoms with Crippen LogP contribution in [0, 0.1) is 6.92 Å². The minimum atomic E-state index is -0.0941. The number of hydrogen-bond donors (Lipinski definition) is 1. The van der Waals surface area contributed by atoms with Crippen molar-refractivity contribution in [3.63, 3.8) is 0 Å². The van der Waals surface area contributed by atoms with Crippen molar-refractivity contribution in [3.8, 4) is 0 Å². The van der Waals surface area contributed by atoms with Crippen molar-refractivity contribution in [1.82, 2.24) is 19.8 Å². The number of amides is 2. The quantitative estimate of drug-likeness (QED) is 0.345. The summed E-state index contributed by atoms with van der Waals surface area (Å²) in [4.78, 5) is 33.0. The number of aryl methyl sites for hydroxylation is 2. The maximum absolute atomic E-state index is 12.9. The van der Waals surface area contributed by atoms with Gasteiger partial charge in [-0.25, -0.2) is 4.98 Å². The Morgan fingerprint density at radius 2 is 1.82 bits per heavy atom. The fourth-order valence-electron chi connectivity index (χ4n) is 4.71. The summed E-state index contributed by atoms with van der Waals surface area (Å²) in [6, 6.07) is 16.0. The molecule has 2 amide bonds. The highest BCUT2D eigenvalue weighted by Crippen LogP contribution is 2.26. The summed E-state index contributed by atoms with van der Waals surface area (Å²) in [7, 11) is 1.92. The Hall–Kier alpha value is -2.80. The van der Waals surface area contributed by atoms with Crippen molar-refractivity contribution in [2.75, 3.05) is 19.3 Å². The highest BCUT2D eigenvalue weighted by molar-refractivity contribution is 8.00. The highest BCUT2D eigenvalue weighted by Gasteiger charge is 2.22. The minimum absolute atomic E-state index is 0.0941. The third kappa shape index (κ3) is 5.81. The van der Waals surface area contributed by atoms with E-state index in [4.69, 9.17) is 0 Å². The molecule has 34 heavy (non-hydrogen) atoms. The van der Waals surface area contributed by atoms with Gasteiger partial charge in [-0.2, -0.15) is 0 Å². The fourth-order valence-corrected chi connectivity index (χ4v) is 5.68. The van der Waals surface area contributed by atoms with Crippen LogP contribution in [-0.4, -0.2) is 51.7 Å². The van der Waals surface area contributed by atoms with E-state index in [9.17, 15) is 9.59 Å². The molecule has 0 bridgehead atoms. The van der Waals surface area contributed by atoms with Crippen LogP contribution in [0.4, 0.5) is 0 Å². The predicted octanol–water partition coefficient (Wildman–Crippen LogP) is 5.05. The summed E-state index contributed by atoms with van der Waals surface area (Å²) in [6.45, 7) is 3.39. The van der Waals surface area contributed by atoms with Crippen LogP contribution in [0.2, 0.25) is 0 Å². The number of carbonyl (C=O) groups excluding carboxylic acids is 2. The van der Waals surface area contributed by atoms with Gasteiger partial charge in [-0.1, -0.05) is 43.5 Å². The lowest BCUT2D eigenvalue weighted by Gasteiger charge is -2.31. The number of nitrogens with one attached hydrogen (secondary N) is 1. The van der Waals surface area contributed by atoms with E-state index in [1.54, 1.807) is 0 Å². The summed E-state index contributed by atoms with van der Waals surface area (Å²) >= 11 is 1.45. The molecule has 1 saturated carbocycles. The van der Waals surface area contributed by atoms with E-state index in [1.807, 2.05) is 61.3 Å². The van der Waals surface area contributed by atoms with Gasteiger partial charge in [-0.3, -0.25) is 9.59 Å². The lowest BCUT2D eigenvalue weighted by atomic mass is 9.94. The van der Waals surface area contributed by atoms with E-state index < -0.39 is 0 Å². The Kier molecular flexibility index (Phi) is 8.27. The second-order valence-electron chi connectivity index (χ2n) is 8.99. The second-order valence-corrected chi connectivity index (χ2v) is 10.0. The number of imidazole rings is 1. The van der Waals surface area contributed by atoms with Gasteiger partial charge in [-0.15, -0.1) is 11.8 Å². The van der Waals surface area contributed by atoms with Crippen LogP contribution in [0.3, 0.4) is 0 Å². The van der Waals surface area contributed by atoms with Gasteiger partial charge in [0.25, 0.3) is 5.91 Å². The van der Waals surface area contributed by atoms with Gasteiger partial charge in [0.2, 0.25) is 5.91 Å². The molecule has 3 aromatic rings. The summed E-state index contributed by atoms with van der Waals surface area (Å²) in [5, 5.41) is 3.05. The number of fused-ring (bicyclic) bond motifs is 1. The predicted molar refractivity (Wildman–Crippen MR) is 138 cm³/mol. The molecule has 2 aromatic carbocycles. The van der Waals surface area contributed by atoms with E-state index in [1.165, 1.54) is 31.0 Å². The minimum Gasteiger partial charge on any atom is -0.352 e. The Morgan fingerprint density at radius 1 is 1.09 bits per heavy atom. The maximum Gasteiger partial charge on any atom is 0.252 e. The molecule has 6 nitrogen and oxygen atoms in total. The average Bonchev–Trinajstić information content (AvgIpc) is 3.20. The number of aromatic nitrogens is 2. The van der Waals surface area contributed by atoms with Gasteiger partial charge in [0.1, 0.15) is 5.82 Å². The third-order valence-corrected chi connectivity index (χ3v) is 7.75. The number of rotatable bonds is 9. The first-order valence-corrected chi connectivity index (χ1v) is 13.2. The van der Waals surface area contributed by atoms with Crippen LogP contribution in [-0.2, 0) is 11.3 Å². The van der Waals surface area contributed by atoms with Crippen molar-refractivity contribution in [2.24, 2.45) is 0 Å². The number of hydrogen-bond acceptors (Lipinski definition) is 4. The first kappa shape index (κ1) is 24.3. The van der Waals surface area contributed by atoms with Gasteiger partial charge in [0.15, 0.2) is 0 Å². The molecular formula is C27H34N4O2S. The van der Waals surface area contributed by atoms with Crippen molar-refractivity contribution >= 4 is 34.6 Å². The molecule has 0 unspecified atom stereocenters. The smallest absolute Gasteiger partial charge is 0.252 e. The number of para-hydroxylation sites is 2. The summed E-state index contributed by atoms with van der Waals surface area (Å²) in [6.07, 6.45) is 6.69. The van der Waals surface area contributed by atoms with E-state index >= 15 is 0 Å². The fraction of sp³-hybridized carbons (Fsp3) is 0.444. The normalized spacial score (nSPS) is 14.3. The molecule has 180 valence electrons. The van der Waals surface area contributed by atoms with Gasteiger partial charge in [0, 0.05) is 31.1 Å². The van der Waals surface area contributed by atoms with Crippen LogP contribution in [0.1, 0.15) is 54.7 Å². The molecular weight excluding hydrogens is 444 g/mol. The lowest BCUT2D eigenvalue weighted by Crippen LogP contribution is -2.39. The first-order valence-electron chi connectivity index (χ1n) is 12.2. The van der Waals surface area contributed by atoms with Gasteiger partial charge in [-0.05, 0) is 50.5 Å². The Balaban J connectivity index is 1.29. The van der Waals surface area contributed by atoms with E-state index in [-0.39, 0.29) is 11.8 Å². The van der Waals surface area contributed by atoms with E-state index in [0.717, 1.165) is 47.6 Å². The van der Waals surface area contributed by atoms with Gasteiger partial charge < -0.3 is 14.8 Å². The monoisotopic (exact) mass is 478 g/mol. The summed E-state index contributed by atoms with van der Waals surface area (Å²) in [5.41, 5.74) is 2.75. The first-order chi connectivity index (χ1) is 16.5. The molecule has 1 N–H and O–H groups in total. The zero-order valence-electron chi connectivity index (χ0n) is 20.1. The maximum atomic E-state index is 12.9. The zero-order chi connectivity index (χ0) is 23.9. The van der Waals surface area contributed by atoms with Crippen molar-refractivity contribution in [1.29, 1.82) is 0 Å². The Labute approximate surface area is 206 Å². The van der Waals surface area contributed by atoms with E-state index in [0.29, 0.717) is 23.9 Å². The summed E-state index contributed by atoms with van der Waals surface area (Å²) in [5.74, 6) is 1.38. The summed E-state index contributed by atoms with van der Waals surface area (Å²) < 4.78 is 2.19. The topological polar surface area (TPSA) is 67.2 Å². The van der Waals surface area contributed by atoms with Crippen LogP contribution < -0.4 is 5.32 Å². The third-order valence-electron chi connectivity index (χ3n) is 6.69. The number of benzene rings is 2. The lowest BCUT2D eigenvalue weighted by molar-refractivity contribution is -0.129. The van der Waals surface area contributed by atoms with Gasteiger partial charge >= 0.3 is 0 Å². The van der Waals surface area contributed by atoms with Crippen molar-refractivity contribution < 1.29 is 9.59 Å². The van der Waals surface area contributed by atoms with E-state index in [2.05, 4.69) is 20.9 Å². The van der Waals surface area contributed by atoms with Crippen LogP contribution in [0.15, 0.2) is 53.4 Å². The molecule has 0 saturated heterocycles. The molecule has 1 aliphatic carbocycles. The van der Waals surface area contributed by atoms with Crippen molar-refractivity contribution in [3.05, 3.63) is 59.9 Å². The van der Waals surface area contributed by atoms with Crippen LogP contribution in [0.25, 0.3) is 11.0 Å². The molecule has 0 radical (unpaired) electrons. The number of thioether (sulfide) groups is 1. The molecule has 1 aliphatic rings. The largest absolute Gasteiger partial charge is 0.352 e. The molecule has 0 atom stereocenters. The zero-order valence-corrected chi connectivity index (χ0v) is 20.9. The molecule has 0 spiro atoms. The van der Waals surface area contributed by atoms with Crippen molar-refractivity contribution in [2.45, 2.75) is 62.9 Å². The molecule has 7 heteroatoms. The molecule has 0 aliphatic heterocycles. The number of nitrogens with zero attached hydrogens (tertiary/aromatic N) is 3. The van der Waals surface area contributed by atoms with Gasteiger partial charge in [0.05, 0.1) is 22.3 Å². The molecule has 1 heterocycles. The molecule has 4 rings (SSSR count). The number of carbonyl (C=O) groups is 2. The molecule has 1 fully saturated rings. The van der Waals surface area contributed by atoms with Crippen LogP contribution >= 0.6 is 11.8 Å². The molecule has 1 aromatic heterocycles. The van der Waals surface area contributed by atoms with Crippen LogP contribution in [0.5, 0.6) is 0 Å².